The van der Waals surface area contributed by atoms with Crippen LogP contribution in [0.5, 0.6) is 5.75 Å². The molecule has 0 unspecified atom stereocenters. The van der Waals surface area contributed by atoms with Crippen molar-refractivity contribution in [1.82, 2.24) is 4.31 Å². The number of hydrogen-bond acceptors (Lipinski definition) is 5. The van der Waals surface area contributed by atoms with Gasteiger partial charge in [0, 0.05) is 20.2 Å². The van der Waals surface area contributed by atoms with E-state index in [0.29, 0.717) is 11.5 Å². The normalized spacial score (nSPS) is 11.8. The molecule has 24 heavy (non-hydrogen) atoms. The summed E-state index contributed by atoms with van der Waals surface area (Å²) in [5.41, 5.74) is 0.259. The Balaban J connectivity index is 2.26. The lowest BCUT2D eigenvalue weighted by atomic mass is 10.3. The largest absolute Gasteiger partial charge is 0.495 e. The molecule has 1 aromatic heterocycles. The Hall–Kier alpha value is -2.58. The molecule has 0 atom stereocenters. The molecular formula is C16H18N2O5S. The van der Waals surface area contributed by atoms with Crippen LogP contribution in [0.15, 0.2) is 52.0 Å². The smallest absolute Gasteiger partial charge is 0.248 e. The molecule has 128 valence electrons. The molecule has 0 bridgehead atoms. The lowest BCUT2D eigenvalue weighted by Crippen LogP contribution is -2.22. The molecule has 1 aromatic carbocycles. The second kappa shape index (κ2) is 7.33. The summed E-state index contributed by atoms with van der Waals surface area (Å²) >= 11 is 0. The number of ether oxygens (including phenoxy) is 1. The van der Waals surface area contributed by atoms with Gasteiger partial charge in [-0.3, -0.25) is 4.79 Å². The number of carbonyl (C=O) groups is 1. The number of sulfonamides is 1. The van der Waals surface area contributed by atoms with Crippen molar-refractivity contribution in [3.8, 4) is 5.75 Å². The van der Waals surface area contributed by atoms with Crippen LogP contribution in [0.2, 0.25) is 0 Å². The molecule has 0 fully saturated rings. The van der Waals surface area contributed by atoms with Crippen molar-refractivity contribution < 1.29 is 22.4 Å². The van der Waals surface area contributed by atoms with Crippen LogP contribution >= 0.6 is 0 Å². The molecule has 8 heteroatoms. The van der Waals surface area contributed by atoms with Crippen molar-refractivity contribution >= 4 is 27.7 Å². The lowest BCUT2D eigenvalue weighted by molar-refractivity contribution is -0.111. The fourth-order valence-electron chi connectivity index (χ4n) is 1.87. The number of benzene rings is 1. The van der Waals surface area contributed by atoms with Crippen LogP contribution in [-0.4, -0.2) is 39.8 Å². The second-order valence-electron chi connectivity index (χ2n) is 4.99. The number of amides is 1. The topological polar surface area (TPSA) is 88.9 Å². The Bertz CT molecular complexity index is 839. The van der Waals surface area contributed by atoms with Gasteiger partial charge in [0.2, 0.25) is 15.9 Å². The molecule has 0 aliphatic carbocycles. The number of anilines is 1. The SMILES string of the molecule is COc1ccc(S(=O)(=O)N(C)C)cc1NC(=O)C=Cc1ccco1. The second-order valence-corrected chi connectivity index (χ2v) is 7.14. The van der Waals surface area contributed by atoms with E-state index in [1.165, 1.54) is 57.8 Å². The highest BCUT2D eigenvalue weighted by Crippen LogP contribution is 2.28. The minimum Gasteiger partial charge on any atom is -0.495 e. The molecule has 0 saturated heterocycles. The van der Waals surface area contributed by atoms with Crippen molar-refractivity contribution in [2.45, 2.75) is 4.90 Å². The van der Waals surface area contributed by atoms with Gasteiger partial charge in [-0.05, 0) is 36.4 Å². The molecule has 2 aromatic rings. The van der Waals surface area contributed by atoms with Gasteiger partial charge in [-0.2, -0.15) is 0 Å². The number of hydrogen-bond donors (Lipinski definition) is 1. The summed E-state index contributed by atoms with van der Waals surface area (Å²) < 4.78 is 35.7. The van der Waals surface area contributed by atoms with E-state index < -0.39 is 15.9 Å². The van der Waals surface area contributed by atoms with E-state index in [1.54, 1.807) is 12.1 Å². The average molecular weight is 350 g/mol. The first kappa shape index (κ1) is 17.8. The lowest BCUT2D eigenvalue weighted by Gasteiger charge is -2.14. The number of carbonyl (C=O) groups excluding carboxylic acids is 1. The molecular weight excluding hydrogens is 332 g/mol. The Morgan fingerprint density at radius 1 is 1.29 bits per heavy atom. The van der Waals surface area contributed by atoms with Crippen molar-refractivity contribution in [2.24, 2.45) is 0 Å². The molecule has 1 N–H and O–H groups in total. The molecule has 1 heterocycles. The van der Waals surface area contributed by atoms with Crippen LogP contribution in [0.25, 0.3) is 6.08 Å². The van der Waals surface area contributed by atoms with Gasteiger partial charge < -0.3 is 14.5 Å². The first-order chi connectivity index (χ1) is 11.3. The van der Waals surface area contributed by atoms with Crippen LogP contribution < -0.4 is 10.1 Å². The van der Waals surface area contributed by atoms with E-state index in [-0.39, 0.29) is 10.6 Å². The molecule has 0 saturated carbocycles. The summed E-state index contributed by atoms with van der Waals surface area (Å²) in [6.45, 7) is 0. The maximum absolute atomic E-state index is 12.2. The first-order valence-corrected chi connectivity index (χ1v) is 8.41. The Labute approximate surface area is 140 Å². The summed E-state index contributed by atoms with van der Waals surface area (Å²) in [5, 5.41) is 2.60. The average Bonchev–Trinajstić information content (AvgIpc) is 3.06. The van der Waals surface area contributed by atoms with Gasteiger partial charge in [0.05, 0.1) is 24.0 Å². The van der Waals surface area contributed by atoms with Gasteiger partial charge in [0.15, 0.2) is 0 Å². The van der Waals surface area contributed by atoms with E-state index in [4.69, 9.17) is 9.15 Å². The third-order valence-corrected chi connectivity index (χ3v) is 4.96. The quantitative estimate of drug-likeness (QED) is 0.807. The first-order valence-electron chi connectivity index (χ1n) is 6.97. The van der Waals surface area contributed by atoms with Crippen molar-refractivity contribution in [3.63, 3.8) is 0 Å². The minimum absolute atomic E-state index is 0.0543. The molecule has 7 nitrogen and oxygen atoms in total. The highest BCUT2D eigenvalue weighted by atomic mass is 32.2. The Morgan fingerprint density at radius 2 is 2.04 bits per heavy atom. The zero-order valence-corrected chi connectivity index (χ0v) is 14.3. The maximum atomic E-state index is 12.2. The summed E-state index contributed by atoms with van der Waals surface area (Å²) in [4.78, 5) is 12.1. The van der Waals surface area contributed by atoms with Gasteiger partial charge in [-0.25, -0.2) is 12.7 Å². The number of rotatable bonds is 6. The van der Waals surface area contributed by atoms with Gasteiger partial charge >= 0.3 is 0 Å². The Morgan fingerprint density at radius 3 is 2.62 bits per heavy atom. The molecule has 0 radical (unpaired) electrons. The van der Waals surface area contributed by atoms with Gasteiger partial charge in [0.25, 0.3) is 0 Å². The van der Waals surface area contributed by atoms with E-state index in [9.17, 15) is 13.2 Å². The molecule has 0 aliphatic heterocycles. The zero-order chi connectivity index (χ0) is 17.7. The van der Waals surface area contributed by atoms with Crippen LogP contribution in [-0.2, 0) is 14.8 Å². The molecule has 0 spiro atoms. The van der Waals surface area contributed by atoms with E-state index in [0.717, 1.165) is 4.31 Å². The van der Waals surface area contributed by atoms with Gasteiger partial charge in [0.1, 0.15) is 11.5 Å². The zero-order valence-electron chi connectivity index (χ0n) is 13.5. The number of nitrogens with one attached hydrogen (secondary N) is 1. The fourth-order valence-corrected chi connectivity index (χ4v) is 2.80. The van der Waals surface area contributed by atoms with Crippen LogP contribution in [0, 0.1) is 0 Å². The molecule has 1 amide bonds. The minimum atomic E-state index is -3.61. The number of nitrogens with zero attached hydrogens (tertiary/aromatic N) is 1. The Kier molecular flexibility index (Phi) is 5.42. The summed E-state index contributed by atoms with van der Waals surface area (Å²) in [6, 6.07) is 7.67. The predicted octanol–water partition coefficient (Wildman–Crippen LogP) is 2.19. The van der Waals surface area contributed by atoms with Crippen LogP contribution in [0.4, 0.5) is 5.69 Å². The fraction of sp³-hybridized carbons (Fsp3) is 0.188. The van der Waals surface area contributed by atoms with Crippen molar-refractivity contribution in [2.75, 3.05) is 26.5 Å². The van der Waals surface area contributed by atoms with Gasteiger partial charge in [-0.1, -0.05) is 0 Å². The summed E-state index contributed by atoms with van der Waals surface area (Å²) in [5.74, 6) is 0.442. The van der Waals surface area contributed by atoms with Crippen molar-refractivity contribution in [3.05, 3.63) is 48.4 Å². The third-order valence-electron chi connectivity index (χ3n) is 3.15. The standard InChI is InChI=1S/C16H18N2O5S/c1-18(2)24(20,21)13-7-8-15(22-3)14(11-13)17-16(19)9-6-12-5-4-10-23-12/h4-11H,1-3H3,(H,17,19). The number of furan rings is 1. The summed E-state index contributed by atoms with van der Waals surface area (Å²) in [6.07, 6.45) is 4.28. The third kappa shape index (κ3) is 4.03. The number of methoxy groups -OCH3 is 1. The predicted molar refractivity (Wildman–Crippen MR) is 90.2 cm³/mol. The van der Waals surface area contributed by atoms with E-state index in [1.807, 2.05) is 0 Å². The molecule has 0 aliphatic rings. The van der Waals surface area contributed by atoms with E-state index in [2.05, 4.69) is 5.32 Å². The van der Waals surface area contributed by atoms with Gasteiger partial charge in [-0.15, -0.1) is 0 Å². The molecule has 2 rings (SSSR count). The highest BCUT2D eigenvalue weighted by molar-refractivity contribution is 7.89. The van der Waals surface area contributed by atoms with E-state index >= 15 is 0 Å². The maximum Gasteiger partial charge on any atom is 0.248 e. The summed E-state index contributed by atoms with van der Waals surface area (Å²) in [7, 11) is 0.689. The van der Waals surface area contributed by atoms with Crippen molar-refractivity contribution in [1.29, 1.82) is 0 Å². The van der Waals surface area contributed by atoms with Crippen LogP contribution in [0.1, 0.15) is 5.76 Å². The highest BCUT2D eigenvalue weighted by Gasteiger charge is 2.19. The monoisotopic (exact) mass is 350 g/mol. The van der Waals surface area contributed by atoms with Crippen LogP contribution in [0.3, 0.4) is 0 Å².